The third-order valence-corrected chi connectivity index (χ3v) is 3.57. The fourth-order valence-corrected chi connectivity index (χ4v) is 2.51. The molecule has 1 atom stereocenters. The summed E-state index contributed by atoms with van der Waals surface area (Å²) in [6.45, 7) is 2.05. The zero-order valence-corrected chi connectivity index (χ0v) is 11.3. The van der Waals surface area contributed by atoms with Gasteiger partial charge in [-0.25, -0.2) is 0 Å². The Kier molecular flexibility index (Phi) is 4.41. The number of halogens is 1. The molecule has 0 saturated carbocycles. The molecule has 2 rings (SSSR count). The first kappa shape index (κ1) is 12.4. The van der Waals surface area contributed by atoms with Gasteiger partial charge in [0.25, 0.3) is 0 Å². The second-order valence-corrected chi connectivity index (χ2v) is 5.23. The molecule has 0 radical (unpaired) electrons. The van der Waals surface area contributed by atoms with Crippen LogP contribution in [0.1, 0.15) is 24.8 Å². The summed E-state index contributed by atoms with van der Waals surface area (Å²) in [7, 11) is 0. The van der Waals surface area contributed by atoms with Crippen molar-refractivity contribution >= 4 is 21.6 Å². The Morgan fingerprint density at radius 1 is 1.53 bits per heavy atom. The molecule has 1 aromatic rings. The van der Waals surface area contributed by atoms with Gasteiger partial charge >= 0.3 is 0 Å². The van der Waals surface area contributed by atoms with E-state index < -0.39 is 0 Å². The van der Waals surface area contributed by atoms with E-state index in [9.17, 15) is 0 Å². The molecule has 3 nitrogen and oxygen atoms in total. The number of rotatable bonds is 4. The van der Waals surface area contributed by atoms with Crippen molar-refractivity contribution in [2.24, 2.45) is 0 Å². The Morgan fingerprint density at radius 3 is 3.12 bits per heavy atom. The number of benzene rings is 1. The Balaban J connectivity index is 1.89. The zero-order valence-electron chi connectivity index (χ0n) is 9.67. The van der Waals surface area contributed by atoms with E-state index in [1.165, 1.54) is 12.8 Å². The van der Waals surface area contributed by atoms with Gasteiger partial charge in [0.2, 0.25) is 0 Å². The largest absolute Gasteiger partial charge is 0.384 e. The smallest absolute Gasteiger partial charge is 0.101 e. The van der Waals surface area contributed by atoms with Crippen molar-refractivity contribution in [1.29, 1.82) is 5.26 Å². The van der Waals surface area contributed by atoms with E-state index in [2.05, 4.69) is 32.6 Å². The van der Waals surface area contributed by atoms with Gasteiger partial charge in [0.1, 0.15) is 6.07 Å². The summed E-state index contributed by atoms with van der Waals surface area (Å²) in [5, 5.41) is 15.8. The molecule has 0 aliphatic carbocycles. The number of anilines is 1. The molecule has 0 aromatic heterocycles. The Hall–Kier alpha value is -1.05. The van der Waals surface area contributed by atoms with E-state index in [0.29, 0.717) is 11.6 Å². The van der Waals surface area contributed by atoms with Crippen molar-refractivity contribution in [2.45, 2.75) is 25.3 Å². The zero-order chi connectivity index (χ0) is 12.1. The molecule has 0 amide bonds. The van der Waals surface area contributed by atoms with E-state index >= 15 is 0 Å². The van der Waals surface area contributed by atoms with Crippen LogP contribution in [0.25, 0.3) is 0 Å². The SMILES string of the molecule is N#Cc1ccc(Br)cc1NCCC1CCCN1. The first-order chi connectivity index (χ1) is 8.29. The molecule has 0 bridgehead atoms. The minimum atomic E-state index is 0.639. The highest BCUT2D eigenvalue weighted by Crippen LogP contribution is 2.21. The van der Waals surface area contributed by atoms with Crippen LogP contribution in [0, 0.1) is 11.3 Å². The summed E-state index contributed by atoms with van der Waals surface area (Å²) in [5.41, 5.74) is 1.62. The molecule has 4 heteroatoms. The van der Waals surface area contributed by atoms with Gasteiger partial charge in [-0.15, -0.1) is 0 Å². The second kappa shape index (κ2) is 6.04. The molecule has 1 heterocycles. The highest BCUT2D eigenvalue weighted by atomic mass is 79.9. The Labute approximate surface area is 110 Å². The van der Waals surface area contributed by atoms with E-state index in [1.807, 2.05) is 18.2 Å². The summed E-state index contributed by atoms with van der Waals surface area (Å²) in [5.74, 6) is 0. The molecule has 1 aliphatic heterocycles. The maximum atomic E-state index is 9.00. The lowest BCUT2D eigenvalue weighted by Gasteiger charge is -2.12. The lowest BCUT2D eigenvalue weighted by Crippen LogP contribution is -2.24. The van der Waals surface area contributed by atoms with Crippen LogP contribution in [0.5, 0.6) is 0 Å². The summed E-state index contributed by atoms with van der Waals surface area (Å²) in [6.07, 6.45) is 3.66. The van der Waals surface area contributed by atoms with Gasteiger partial charge in [0, 0.05) is 17.1 Å². The summed E-state index contributed by atoms with van der Waals surface area (Å²) in [6, 6.07) is 8.52. The first-order valence-electron chi connectivity index (χ1n) is 5.96. The standard InChI is InChI=1S/C13H16BrN3/c14-11-4-3-10(9-15)13(8-11)17-7-5-12-2-1-6-16-12/h3-4,8,12,16-17H,1-2,5-7H2. The maximum absolute atomic E-state index is 9.00. The van der Waals surface area contributed by atoms with Gasteiger partial charge < -0.3 is 10.6 Å². The minimum Gasteiger partial charge on any atom is -0.384 e. The van der Waals surface area contributed by atoms with E-state index in [0.717, 1.165) is 29.7 Å². The van der Waals surface area contributed by atoms with Gasteiger partial charge in [0.05, 0.1) is 11.3 Å². The highest BCUT2D eigenvalue weighted by Gasteiger charge is 2.13. The molecular formula is C13H16BrN3. The van der Waals surface area contributed by atoms with Crippen LogP contribution in [-0.2, 0) is 0 Å². The second-order valence-electron chi connectivity index (χ2n) is 4.31. The van der Waals surface area contributed by atoms with Gasteiger partial charge in [-0.2, -0.15) is 5.26 Å². The normalized spacial score (nSPS) is 18.9. The van der Waals surface area contributed by atoms with Crippen LogP contribution in [0.3, 0.4) is 0 Å². The van der Waals surface area contributed by atoms with Gasteiger partial charge in [0.15, 0.2) is 0 Å². The molecule has 1 fully saturated rings. The number of nitrogens with one attached hydrogen (secondary N) is 2. The van der Waals surface area contributed by atoms with Crippen LogP contribution >= 0.6 is 15.9 Å². The Morgan fingerprint density at radius 2 is 2.41 bits per heavy atom. The number of nitriles is 1. The number of hydrogen-bond donors (Lipinski definition) is 2. The number of nitrogens with zero attached hydrogens (tertiary/aromatic N) is 1. The van der Waals surface area contributed by atoms with Gasteiger partial charge in [-0.1, -0.05) is 15.9 Å². The maximum Gasteiger partial charge on any atom is 0.101 e. The van der Waals surface area contributed by atoms with Crippen LogP contribution < -0.4 is 10.6 Å². The quantitative estimate of drug-likeness (QED) is 0.897. The third-order valence-electron chi connectivity index (χ3n) is 3.07. The Bertz CT molecular complexity index is 419. The van der Waals surface area contributed by atoms with Crippen molar-refractivity contribution in [3.63, 3.8) is 0 Å². The summed E-state index contributed by atoms with van der Waals surface area (Å²) in [4.78, 5) is 0. The van der Waals surface area contributed by atoms with Crippen LogP contribution in [0.15, 0.2) is 22.7 Å². The fourth-order valence-electron chi connectivity index (χ4n) is 2.14. The minimum absolute atomic E-state index is 0.639. The topological polar surface area (TPSA) is 47.9 Å². The summed E-state index contributed by atoms with van der Waals surface area (Å²) < 4.78 is 0.998. The van der Waals surface area contributed by atoms with Crippen LogP contribution in [-0.4, -0.2) is 19.1 Å². The van der Waals surface area contributed by atoms with Crippen molar-refractivity contribution in [2.75, 3.05) is 18.4 Å². The lowest BCUT2D eigenvalue weighted by molar-refractivity contribution is 0.574. The summed E-state index contributed by atoms with van der Waals surface area (Å²) >= 11 is 3.42. The van der Waals surface area contributed by atoms with Crippen molar-refractivity contribution in [3.8, 4) is 6.07 Å². The van der Waals surface area contributed by atoms with Crippen molar-refractivity contribution in [3.05, 3.63) is 28.2 Å². The molecule has 2 N–H and O–H groups in total. The van der Waals surface area contributed by atoms with Gasteiger partial charge in [-0.3, -0.25) is 0 Å². The molecule has 1 saturated heterocycles. The highest BCUT2D eigenvalue weighted by molar-refractivity contribution is 9.10. The predicted molar refractivity (Wildman–Crippen MR) is 73.0 cm³/mol. The number of hydrogen-bond acceptors (Lipinski definition) is 3. The van der Waals surface area contributed by atoms with Crippen LogP contribution in [0.2, 0.25) is 0 Å². The molecule has 17 heavy (non-hydrogen) atoms. The molecule has 90 valence electrons. The monoisotopic (exact) mass is 293 g/mol. The average Bonchev–Trinajstić information content (AvgIpc) is 2.82. The van der Waals surface area contributed by atoms with Crippen molar-refractivity contribution in [1.82, 2.24) is 5.32 Å². The molecule has 1 unspecified atom stereocenters. The lowest BCUT2D eigenvalue weighted by atomic mass is 10.1. The molecule has 1 aromatic carbocycles. The van der Waals surface area contributed by atoms with Crippen LogP contribution in [0.4, 0.5) is 5.69 Å². The van der Waals surface area contributed by atoms with E-state index in [-0.39, 0.29) is 0 Å². The first-order valence-corrected chi connectivity index (χ1v) is 6.76. The van der Waals surface area contributed by atoms with E-state index in [1.54, 1.807) is 0 Å². The van der Waals surface area contributed by atoms with E-state index in [4.69, 9.17) is 5.26 Å². The predicted octanol–water partition coefficient (Wildman–Crippen LogP) is 2.87. The molecular weight excluding hydrogens is 278 g/mol. The molecule has 1 aliphatic rings. The average molecular weight is 294 g/mol. The molecule has 0 spiro atoms. The third kappa shape index (κ3) is 3.45. The van der Waals surface area contributed by atoms with Gasteiger partial charge in [-0.05, 0) is 44.0 Å². The van der Waals surface area contributed by atoms with Crippen molar-refractivity contribution < 1.29 is 0 Å². The fraction of sp³-hybridized carbons (Fsp3) is 0.462.